The van der Waals surface area contributed by atoms with Gasteiger partial charge < -0.3 is 14.8 Å². The summed E-state index contributed by atoms with van der Waals surface area (Å²) in [4.78, 5) is 20.3. The summed E-state index contributed by atoms with van der Waals surface area (Å²) in [5.41, 5.74) is 2.40. The molecule has 124 valence electrons. The second-order valence-corrected chi connectivity index (χ2v) is 6.86. The molecule has 1 aliphatic rings. The highest BCUT2D eigenvalue weighted by molar-refractivity contribution is 5.84. The quantitative estimate of drug-likeness (QED) is 0.921. The summed E-state index contributed by atoms with van der Waals surface area (Å²) in [6, 6.07) is 8.68. The molecule has 3 rings (SSSR count). The summed E-state index contributed by atoms with van der Waals surface area (Å²) in [6.07, 6.45) is 6.98. The zero-order valence-corrected chi connectivity index (χ0v) is 14.2. The molecule has 1 fully saturated rings. The van der Waals surface area contributed by atoms with Crippen molar-refractivity contribution < 1.29 is 4.79 Å². The van der Waals surface area contributed by atoms with Gasteiger partial charge in [-0.05, 0) is 51.4 Å². The fourth-order valence-electron chi connectivity index (χ4n) is 3.66. The van der Waals surface area contributed by atoms with Crippen molar-refractivity contribution in [1.29, 1.82) is 0 Å². The van der Waals surface area contributed by atoms with E-state index in [4.69, 9.17) is 0 Å². The van der Waals surface area contributed by atoms with Gasteiger partial charge in [-0.25, -0.2) is 0 Å². The summed E-state index contributed by atoms with van der Waals surface area (Å²) in [7, 11) is 4.17. The van der Waals surface area contributed by atoms with Crippen LogP contribution in [0.3, 0.4) is 0 Å². The number of benzene rings is 1. The van der Waals surface area contributed by atoms with Gasteiger partial charge in [-0.3, -0.25) is 4.79 Å². The molecule has 0 bridgehead atoms. The molecule has 1 amide bonds. The number of likely N-dealkylation sites (N-methyl/N-ethyl adjacent to an activating group) is 1. The molecule has 4 heteroatoms. The summed E-state index contributed by atoms with van der Waals surface area (Å²) in [6.45, 7) is 1.89. The Kier molecular flexibility index (Phi) is 5.01. The standard InChI is InChI=1S/C19H27N3O/c1-21(2)14-16-7-5-6-12-22(16)19(23)11-10-15-13-20-18-9-4-3-8-17(15)18/h3-4,8-9,13,16,20H,5-7,10-12,14H2,1-2H3/t16-/m1/s1. The molecule has 0 aliphatic carbocycles. The third-order valence-corrected chi connectivity index (χ3v) is 4.81. The Bertz CT molecular complexity index is 661. The van der Waals surface area contributed by atoms with E-state index < -0.39 is 0 Å². The number of aromatic amines is 1. The number of hydrogen-bond acceptors (Lipinski definition) is 2. The van der Waals surface area contributed by atoms with E-state index in [9.17, 15) is 4.79 Å². The van der Waals surface area contributed by atoms with Crippen LogP contribution in [0.2, 0.25) is 0 Å². The van der Waals surface area contributed by atoms with Crippen molar-refractivity contribution in [2.24, 2.45) is 0 Å². The van der Waals surface area contributed by atoms with E-state index in [1.165, 1.54) is 17.4 Å². The number of amides is 1. The molecule has 23 heavy (non-hydrogen) atoms. The van der Waals surface area contributed by atoms with Gasteiger partial charge in [0.2, 0.25) is 5.91 Å². The molecular weight excluding hydrogens is 286 g/mol. The zero-order valence-electron chi connectivity index (χ0n) is 14.2. The van der Waals surface area contributed by atoms with Gasteiger partial charge in [-0.1, -0.05) is 18.2 Å². The highest BCUT2D eigenvalue weighted by Crippen LogP contribution is 2.22. The molecule has 2 heterocycles. The highest BCUT2D eigenvalue weighted by Gasteiger charge is 2.26. The first-order chi connectivity index (χ1) is 11.1. The van der Waals surface area contributed by atoms with Crippen molar-refractivity contribution in [3.63, 3.8) is 0 Å². The summed E-state index contributed by atoms with van der Waals surface area (Å²) < 4.78 is 0. The number of rotatable bonds is 5. The number of nitrogens with one attached hydrogen (secondary N) is 1. The van der Waals surface area contributed by atoms with Gasteiger partial charge in [0.05, 0.1) is 0 Å². The molecule has 0 radical (unpaired) electrons. The van der Waals surface area contributed by atoms with Gasteiger partial charge in [0.25, 0.3) is 0 Å². The molecule has 0 spiro atoms. The fourth-order valence-corrected chi connectivity index (χ4v) is 3.66. The number of H-pyrrole nitrogens is 1. The average molecular weight is 313 g/mol. The largest absolute Gasteiger partial charge is 0.361 e. The van der Waals surface area contributed by atoms with E-state index in [0.717, 1.165) is 37.9 Å². The summed E-state index contributed by atoms with van der Waals surface area (Å²) in [5.74, 6) is 0.307. The number of carbonyl (C=O) groups excluding carboxylic acids is 1. The van der Waals surface area contributed by atoms with E-state index in [0.29, 0.717) is 18.4 Å². The maximum Gasteiger partial charge on any atom is 0.223 e. The first-order valence-electron chi connectivity index (χ1n) is 8.64. The molecular formula is C19H27N3O. The number of fused-ring (bicyclic) bond motifs is 1. The number of nitrogens with zero attached hydrogens (tertiary/aromatic N) is 2. The van der Waals surface area contributed by atoms with Gasteiger partial charge in [-0.2, -0.15) is 0 Å². The lowest BCUT2D eigenvalue weighted by atomic mass is 10.00. The number of aryl methyl sites for hydroxylation is 1. The topological polar surface area (TPSA) is 39.3 Å². The molecule has 1 atom stereocenters. The molecule has 1 aromatic heterocycles. The Morgan fingerprint density at radius 2 is 2.13 bits per heavy atom. The number of likely N-dealkylation sites (tertiary alicyclic amines) is 1. The average Bonchev–Trinajstić information content (AvgIpc) is 2.96. The second-order valence-electron chi connectivity index (χ2n) is 6.86. The van der Waals surface area contributed by atoms with Gasteiger partial charge >= 0.3 is 0 Å². The summed E-state index contributed by atoms with van der Waals surface area (Å²) in [5, 5.41) is 1.24. The molecule has 1 saturated heterocycles. The lowest BCUT2D eigenvalue weighted by Crippen LogP contribution is -2.48. The lowest BCUT2D eigenvalue weighted by Gasteiger charge is -2.37. The van der Waals surface area contributed by atoms with Crippen molar-refractivity contribution in [3.8, 4) is 0 Å². The van der Waals surface area contributed by atoms with E-state index >= 15 is 0 Å². The van der Waals surface area contributed by atoms with E-state index in [2.05, 4.69) is 47.1 Å². The van der Waals surface area contributed by atoms with Gasteiger partial charge in [0, 0.05) is 42.7 Å². The number of hydrogen-bond donors (Lipinski definition) is 1. The monoisotopic (exact) mass is 313 g/mol. The molecule has 0 unspecified atom stereocenters. The van der Waals surface area contributed by atoms with Crippen molar-refractivity contribution in [2.75, 3.05) is 27.2 Å². The van der Waals surface area contributed by atoms with Crippen molar-refractivity contribution in [3.05, 3.63) is 36.0 Å². The predicted molar refractivity (Wildman–Crippen MR) is 94.5 cm³/mol. The zero-order chi connectivity index (χ0) is 16.2. The smallest absolute Gasteiger partial charge is 0.223 e. The first kappa shape index (κ1) is 16.1. The highest BCUT2D eigenvalue weighted by atomic mass is 16.2. The number of piperidine rings is 1. The third kappa shape index (κ3) is 3.75. The van der Waals surface area contributed by atoms with Gasteiger partial charge in [-0.15, -0.1) is 0 Å². The maximum absolute atomic E-state index is 12.7. The van der Waals surface area contributed by atoms with Gasteiger partial charge in [0.15, 0.2) is 0 Å². The molecule has 1 aliphatic heterocycles. The van der Waals surface area contributed by atoms with Crippen LogP contribution in [0.5, 0.6) is 0 Å². The predicted octanol–water partition coefficient (Wildman–Crippen LogP) is 3.04. The van der Waals surface area contributed by atoms with Crippen LogP contribution in [0.25, 0.3) is 10.9 Å². The van der Waals surface area contributed by atoms with Crippen molar-refractivity contribution in [2.45, 2.75) is 38.1 Å². The van der Waals surface area contributed by atoms with Gasteiger partial charge in [0.1, 0.15) is 0 Å². The first-order valence-corrected chi connectivity index (χ1v) is 8.64. The molecule has 0 saturated carbocycles. The summed E-state index contributed by atoms with van der Waals surface area (Å²) >= 11 is 0. The maximum atomic E-state index is 12.7. The minimum atomic E-state index is 0.307. The Morgan fingerprint density at radius 3 is 2.96 bits per heavy atom. The lowest BCUT2D eigenvalue weighted by molar-refractivity contribution is -0.135. The van der Waals surface area contributed by atoms with Crippen LogP contribution in [-0.2, 0) is 11.2 Å². The third-order valence-electron chi connectivity index (χ3n) is 4.81. The molecule has 1 N–H and O–H groups in total. The van der Waals surface area contributed by atoms with Crippen LogP contribution < -0.4 is 0 Å². The van der Waals surface area contributed by atoms with Crippen LogP contribution in [0.4, 0.5) is 0 Å². The van der Waals surface area contributed by atoms with E-state index in [1.807, 2.05) is 12.3 Å². The minimum absolute atomic E-state index is 0.307. The van der Waals surface area contributed by atoms with Crippen LogP contribution in [0.1, 0.15) is 31.2 Å². The second kappa shape index (κ2) is 7.18. The molecule has 1 aromatic carbocycles. The minimum Gasteiger partial charge on any atom is -0.361 e. The van der Waals surface area contributed by atoms with Crippen LogP contribution >= 0.6 is 0 Å². The molecule has 4 nitrogen and oxygen atoms in total. The Hall–Kier alpha value is -1.81. The normalized spacial score (nSPS) is 18.7. The van der Waals surface area contributed by atoms with Crippen LogP contribution in [-0.4, -0.2) is 53.9 Å². The Morgan fingerprint density at radius 1 is 1.30 bits per heavy atom. The van der Waals surface area contributed by atoms with E-state index in [-0.39, 0.29) is 0 Å². The molecule has 2 aromatic rings. The van der Waals surface area contributed by atoms with Crippen molar-refractivity contribution in [1.82, 2.24) is 14.8 Å². The number of aromatic nitrogens is 1. The van der Waals surface area contributed by atoms with Crippen LogP contribution in [0.15, 0.2) is 30.5 Å². The fraction of sp³-hybridized carbons (Fsp3) is 0.526. The SMILES string of the molecule is CN(C)C[C@H]1CCCCN1C(=O)CCc1c[nH]c2ccccc12. The number of carbonyl (C=O) groups is 1. The number of para-hydroxylation sites is 1. The Balaban J connectivity index is 1.63. The van der Waals surface area contributed by atoms with Crippen molar-refractivity contribution >= 4 is 16.8 Å². The Labute approximate surface area is 138 Å². The van der Waals surface area contributed by atoms with Crippen LogP contribution in [0, 0.1) is 0 Å². The van der Waals surface area contributed by atoms with E-state index in [1.54, 1.807) is 0 Å².